The molecule has 0 saturated carbocycles. The normalized spacial score (nSPS) is 37.8. The van der Waals surface area contributed by atoms with Gasteiger partial charge in [0.05, 0.1) is 6.61 Å². The lowest BCUT2D eigenvalue weighted by atomic mass is 10.1. The smallest absolute Gasteiger partial charge is 0.344 e. The fourth-order valence-corrected chi connectivity index (χ4v) is 1.85. The molecule has 90 valence electrons. The van der Waals surface area contributed by atoms with Gasteiger partial charge < -0.3 is 18.9 Å². The second kappa shape index (κ2) is 3.80. The van der Waals surface area contributed by atoms with E-state index in [2.05, 4.69) is 0 Å². The minimum Gasteiger partial charge on any atom is -0.449 e. The molecule has 0 aromatic carbocycles. The molecule has 6 nitrogen and oxygen atoms in total. The van der Waals surface area contributed by atoms with Crippen LogP contribution >= 0.6 is 0 Å². The molecule has 0 radical (unpaired) electrons. The van der Waals surface area contributed by atoms with Crippen molar-refractivity contribution in [1.29, 1.82) is 0 Å². The van der Waals surface area contributed by atoms with Crippen LogP contribution in [0.4, 0.5) is 0 Å². The van der Waals surface area contributed by atoms with Gasteiger partial charge >= 0.3 is 5.97 Å². The largest absolute Gasteiger partial charge is 0.449 e. The van der Waals surface area contributed by atoms with Crippen molar-refractivity contribution in [3.63, 3.8) is 0 Å². The lowest BCUT2D eigenvalue weighted by Crippen LogP contribution is -2.37. The molecule has 2 rings (SSSR count). The molecule has 3 atom stereocenters. The molecule has 0 spiro atoms. The number of esters is 1. The molecular formula is C10H14O6. The highest BCUT2D eigenvalue weighted by Crippen LogP contribution is 2.28. The molecular weight excluding hydrogens is 216 g/mol. The highest BCUT2D eigenvalue weighted by Gasteiger charge is 2.51. The molecule has 3 unspecified atom stereocenters. The van der Waals surface area contributed by atoms with Crippen LogP contribution in [-0.4, -0.2) is 49.6 Å². The summed E-state index contributed by atoms with van der Waals surface area (Å²) in [5.74, 6) is -1.81. The van der Waals surface area contributed by atoms with Crippen molar-refractivity contribution in [2.24, 2.45) is 0 Å². The van der Waals surface area contributed by atoms with E-state index in [1.165, 1.54) is 7.11 Å². The summed E-state index contributed by atoms with van der Waals surface area (Å²) in [7, 11) is 1.29. The fraction of sp³-hybridized carbons (Fsp3) is 0.800. The molecule has 6 heteroatoms. The third-order valence-corrected chi connectivity index (χ3v) is 2.60. The van der Waals surface area contributed by atoms with Crippen LogP contribution in [0.2, 0.25) is 0 Å². The van der Waals surface area contributed by atoms with E-state index in [0.29, 0.717) is 0 Å². The van der Waals surface area contributed by atoms with Crippen LogP contribution in [0.1, 0.15) is 13.8 Å². The van der Waals surface area contributed by atoms with Gasteiger partial charge in [-0.25, -0.2) is 4.79 Å². The van der Waals surface area contributed by atoms with E-state index in [1.807, 2.05) is 0 Å². The average molecular weight is 230 g/mol. The van der Waals surface area contributed by atoms with Crippen molar-refractivity contribution in [2.75, 3.05) is 13.7 Å². The number of ketones is 1. The molecule has 2 aliphatic rings. The Bertz CT molecular complexity index is 323. The minimum atomic E-state index is -1.13. The van der Waals surface area contributed by atoms with Gasteiger partial charge in [-0.2, -0.15) is 0 Å². The van der Waals surface area contributed by atoms with Crippen molar-refractivity contribution >= 4 is 11.8 Å². The molecule has 0 amide bonds. The molecule has 2 heterocycles. The number of methoxy groups -OCH3 is 1. The Morgan fingerprint density at radius 2 is 2.06 bits per heavy atom. The maximum Gasteiger partial charge on any atom is 0.344 e. The molecule has 0 aromatic heterocycles. The van der Waals surface area contributed by atoms with E-state index in [9.17, 15) is 9.59 Å². The number of hydrogen-bond donors (Lipinski definition) is 0. The van der Waals surface area contributed by atoms with Gasteiger partial charge in [0, 0.05) is 7.11 Å². The van der Waals surface area contributed by atoms with Crippen LogP contribution in [0, 0.1) is 0 Å². The van der Waals surface area contributed by atoms with Crippen molar-refractivity contribution in [3.8, 4) is 0 Å². The number of ether oxygens (including phenoxy) is 4. The molecule has 16 heavy (non-hydrogen) atoms. The molecule has 0 N–H and O–H groups in total. The molecule has 2 fully saturated rings. The van der Waals surface area contributed by atoms with E-state index in [4.69, 9.17) is 18.9 Å². The topological polar surface area (TPSA) is 71.1 Å². The highest BCUT2D eigenvalue weighted by molar-refractivity contribution is 6.09. The van der Waals surface area contributed by atoms with Gasteiger partial charge in [0.15, 0.2) is 11.9 Å². The second-order valence-electron chi connectivity index (χ2n) is 4.24. The van der Waals surface area contributed by atoms with Crippen molar-refractivity contribution in [1.82, 2.24) is 0 Å². The summed E-state index contributed by atoms with van der Waals surface area (Å²) in [6, 6.07) is 0. The van der Waals surface area contributed by atoms with Crippen LogP contribution in [-0.2, 0) is 28.5 Å². The monoisotopic (exact) mass is 230 g/mol. The van der Waals surface area contributed by atoms with Gasteiger partial charge in [-0.15, -0.1) is 0 Å². The summed E-state index contributed by atoms with van der Waals surface area (Å²) in [5.41, 5.74) is 0. The lowest BCUT2D eigenvalue weighted by Gasteiger charge is -2.19. The van der Waals surface area contributed by atoms with E-state index < -0.39 is 35.9 Å². The zero-order valence-corrected chi connectivity index (χ0v) is 9.39. The number of cyclic esters (lactones) is 1. The number of rotatable bonds is 2. The summed E-state index contributed by atoms with van der Waals surface area (Å²) >= 11 is 0. The number of carbonyl (C=O) groups is 2. The highest BCUT2D eigenvalue weighted by atomic mass is 16.8. The first-order valence-electron chi connectivity index (χ1n) is 5.03. The van der Waals surface area contributed by atoms with Gasteiger partial charge in [-0.1, -0.05) is 0 Å². The number of carbonyl (C=O) groups excluding carboxylic acids is 2. The minimum absolute atomic E-state index is 0.229. The van der Waals surface area contributed by atoms with Crippen LogP contribution < -0.4 is 0 Å². The Hall–Kier alpha value is -0.980. The molecule has 0 bridgehead atoms. The first kappa shape index (κ1) is 11.5. The lowest BCUT2D eigenvalue weighted by molar-refractivity contribution is -0.165. The molecule has 2 aliphatic heterocycles. The Morgan fingerprint density at radius 3 is 2.50 bits per heavy atom. The van der Waals surface area contributed by atoms with Crippen LogP contribution in [0.3, 0.4) is 0 Å². The average Bonchev–Trinajstić information content (AvgIpc) is 2.68. The SMILES string of the molecule is COC1C(=O)OC(C2COC(C)(C)O2)C1=O. The van der Waals surface area contributed by atoms with Gasteiger partial charge in [-0.05, 0) is 13.8 Å². The van der Waals surface area contributed by atoms with E-state index >= 15 is 0 Å². The van der Waals surface area contributed by atoms with Crippen LogP contribution in [0.25, 0.3) is 0 Å². The maximum absolute atomic E-state index is 11.7. The van der Waals surface area contributed by atoms with Crippen LogP contribution in [0.15, 0.2) is 0 Å². The Kier molecular flexibility index (Phi) is 2.73. The van der Waals surface area contributed by atoms with E-state index in [1.54, 1.807) is 13.8 Å². The molecule has 0 aliphatic carbocycles. The summed E-state index contributed by atoms with van der Waals surface area (Å²) < 4.78 is 20.5. The predicted molar refractivity (Wildman–Crippen MR) is 50.6 cm³/mol. The molecule has 0 aromatic rings. The fourth-order valence-electron chi connectivity index (χ4n) is 1.85. The quantitative estimate of drug-likeness (QED) is 0.477. The first-order valence-corrected chi connectivity index (χ1v) is 5.03. The Morgan fingerprint density at radius 1 is 1.38 bits per heavy atom. The Balaban J connectivity index is 2.07. The van der Waals surface area contributed by atoms with Gasteiger partial charge in [0.1, 0.15) is 6.10 Å². The Labute approximate surface area is 92.8 Å². The standard InChI is InChI=1S/C10H14O6/c1-10(2)14-4-5(16-10)7-6(11)8(13-3)9(12)15-7/h5,7-8H,4H2,1-3H3. The van der Waals surface area contributed by atoms with Crippen molar-refractivity contribution in [2.45, 2.75) is 37.9 Å². The van der Waals surface area contributed by atoms with Crippen molar-refractivity contribution < 1.29 is 28.5 Å². The second-order valence-corrected chi connectivity index (χ2v) is 4.24. The number of hydrogen-bond acceptors (Lipinski definition) is 6. The zero-order chi connectivity index (χ0) is 11.9. The summed E-state index contributed by atoms with van der Waals surface area (Å²) in [6.45, 7) is 3.71. The van der Waals surface area contributed by atoms with Gasteiger partial charge in [-0.3, -0.25) is 4.79 Å². The summed E-state index contributed by atoms with van der Waals surface area (Å²) in [4.78, 5) is 23.0. The number of Topliss-reactive ketones (excluding diaryl/α,β-unsaturated/α-hetero) is 1. The zero-order valence-electron chi connectivity index (χ0n) is 9.39. The predicted octanol–water partition coefficient (Wildman–Crippen LogP) is -0.353. The third kappa shape index (κ3) is 1.83. The third-order valence-electron chi connectivity index (χ3n) is 2.60. The van der Waals surface area contributed by atoms with Gasteiger partial charge in [0.2, 0.25) is 11.9 Å². The maximum atomic E-state index is 11.7. The van der Waals surface area contributed by atoms with E-state index in [0.717, 1.165) is 0 Å². The van der Waals surface area contributed by atoms with Crippen molar-refractivity contribution in [3.05, 3.63) is 0 Å². The summed E-state index contributed by atoms with van der Waals surface area (Å²) in [6.07, 6.45) is -2.59. The summed E-state index contributed by atoms with van der Waals surface area (Å²) in [5, 5.41) is 0. The van der Waals surface area contributed by atoms with Gasteiger partial charge in [0.25, 0.3) is 0 Å². The van der Waals surface area contributed by atoms with Crippen LogP contribution in [0.5, 0.6) is 0 Å². The first-order chi connectivity index (χ1) is 7.44. The molecule has 2 saturated heterocycles. The van der Waals surface area contributed by atoms with E-state index in [-0.39, 0.29) is 6.61 Å².